The maximum absolute atomic E-state index is 11.6. The first-order valence-corrected chi connectivity index (χ1v) is 8.68. The van der Waals surface area contributed by atoms with E-state index in [1.807, 2.05) is 0 Å². The molecular formula is C17H26O11. The highest BCUT2D eigenvalue weighted by Gasteiger charge is 2.52. The van der Waals surface area contributed by atoms with Crippen molar-refractivity contribution in [1.82, 2.24) is 0 Å². The normalized spacial score (nSPS) is 26.8. The molecular weight excluding hydrogens is 380 g/mol. The van der Waals surface area contributed by atoms with Crippen LogP contribution in [-0.4, -0.2) is 79.5 Å². The number of aliphatic hydroxyl groups is 1. The number of ether oxygens (including phenoxy) is 6. The van der Waals surface area contributed by atoms with Crippen LogP contribution in [0.1, 0.15) is 34.1 Å². The average molecular weight is 406 g/mol. The molecule has 28 heavy (non-hydrogen) atoms. The Hall–Kier alpha value is -2.24. The Bertz CT molecular complexity index is 561. The second-order valence-corrected chi connectivity index (χ2v) is 6.02. The minimum absolute atomic E-state index is 0.0459. The van der Waals surface area contributed by atoms with Gasteiger partial charge in [0.15, 0.2) is 24.6 Å². The fourth-order valence-corrected chi connectivity index (χ4v) is 2.59. The summed E-state index contributed by atoms with van der Waals surface area (Å²) >= 11 is 0. The SMILES string of the molecule is CC(=O)OC[C@H]1O[C@@H](OCCCO)[C@H](OC(C)=O)[C@@H](OC(C)=O)[C@H]1OC(C)=O. The highest BCUT2D eigenvalue weighted by atomic mass is 16.7. The van der Waals surface area contributed by atoms with E-state index in [9.17, 15) is 19.2 Å². The number of rotatable bonds is 9. The number of hydrogen-bond donors (Lipinski definition) is 1. The quantitative estimate of drug-likeness (QED) is 0.300. The second-order valence-electron chi connectivity index (χ2n) is 6.02. The third kappa shape index (κ3) is 7.79. The number of carbonyl (C=O) groups excluding carboxylic acids is 4. The summed E-state index contributed by atoms with van der Waals surface area (Å²) < 4.78 is 31.8. The molecule has 0 saturated carbocycles. The molecule has 0 unspecified atom stereocenters. The van der Waals surface area contributed by atoms with E-state index in [0.29, 0.717) is 0 Å². The molecule has 1 heterocycles. The highest BCUT2D eigenvalue weighted by molar-refractivity contribution is 5.68. The Morgan fingerprint density at radius 2 is 1.36 bits per heavy atom. The zero-order valence-corrected chi connectivity index (χ0v) is 16.2. The van der Waals surface area contributed by atoms with Gasteiger partial charge < -0.3 is 33.5 Å². The van der Waals surface area contributed by atoms with Gasteiger partial charge in [0.2, 0.25) is 0 Å². The molecule has 0 aromatic carbocycles. The van der Waals surface area contributed by atoms with Crippen LogP contribution < -0.4 is 0 Å². The number of hydrogen-bond acceptors (Lipinski definition) is 11. The van der Waals surface area contributed by atoms with E-state index >= 15 is 0 Å². The summed E-state index contributed by atoms with van der Waals surface area (Å²) in [4.78, 5) is 45.9. The van der Waals surface area contributed by atoms with E-state index in [1.165, 1.54) is 6.92 Å². The van der Waals surface area contributed by atoms with Crippen molar-refractivity contribution in [3.05, 3.63) is 0 Å². The smallest absolute Gasteiger partial charge is 0.303 e. The molecule has 1 aliphatic heterocycles. The fraction of sp³-hybridized carbons (Fsp3) is 0.765. The maximum atomic E-state index is 11.6. The van der Waals surface area contributed by atoms with Gasteiger partial charge in [0.1, 0.15) is 12.7 Å². The van der Waals surface area contributed by atoms with Gasteiger partial charge >= 0.3 is 23.9 Å². The first-order chi connectivity index (χ1) is 13.1. The second kappa shape index (κ2) is 11.6. The van der Waals surface area contributed by atoms with Crippen LogP contribution in [0.25, 0.3) is 0 Å². The molecule has 0 radical (unpaired) electrons. The molecule has 1 saturated heterocycles. The van der Waals surface area contributed by atoms with Crippen molar-refractivity contribution in [2.45, 2.75) is 64.8 Å². The highest BCUT2D eigenvalue weighted by Crippen LogP contribution is 2.30. The summed E-state index contributed by atoms with van der Waals surface area (Å²) in [5.74, 6) is -2.74. The first-order valence-electron chi connectivity index (χ1n) is 8.68. The minimum atomic E-state index is -1.27. The molecule has 5 atom stereocenters. The fourth-order valence-electron chi connectivity index (χ4n) is 2.59. The number of esters is 4. The predicted molar refractivity (Wildman–Crippen MR) is 89.6 cm³/mol. The zero-order chi connectivity index (χ0) is 21.3. The molecule has 0 bridgehead atoms. The van der Waals surface area contributed by atoms with Crippen molar-refractivity contribution in [2.24, 2.45) is 0 Å². The van der Waals surface area contributed by atoms with Crippen molar-refractivity contribution >= 4 is 23.9 Å². The Labute approximate surface area is 162 Å². The van der Waals surface area contributed by atoms with Gasteiger partial charge in [-0.05, 0) is 6.42 Å². The monoisotopic (exact) mass is 406 g/mol. The van der Waals surface area contributed by atoms with E-state index in [2.05, 4.69) is 0 Å². The lowest BCUT2D eigenvalue weighted by molar-refractivity contribution is -0.308. The summed E-state index contributed by atoms with van der Waals surface area (Å²) in [5, 5.41) is 8.93. The lowest BCUT2D eigenvalue weighted by Gasteiger charge is -2.44. The van der Waals surface area contributed by atoms with Gasteiger partial charge in [-0.3, -0.25) is 19.2 Å². The molecule has 160 valence electrons. The maximum Gasteiger partial charge on any atom is 0.303 e. The van der Waals surface area contributed by atoms with Crippen LogP contribution in [0.5, 0.6) is 0 Å². The van der Waals surface area contributed by atoms with E-state index in [-0.39, 0.29) is 26.2 Å². The van der Waals surface area contributed by atoms with Crippen LogP contribution in [0, 0.1) is 0 Å². The number of aliphatic hydroxyl groups excluding tert-OH is 1. The lowest BCUT2D eigenvalue weighted by Crippen LogP contribution is -2.63. The number of carbonyl (C=O) groups is 4. The largest absolute Gasteiger partial charge is 0.463 e. The molecule has 0 aromatic heterocycles. The van der Waals surface area contributed by atoms with Crippen LogP contribution in [-0.2, 0) is 47.6 Å². The predicted octanol–water partition coefficient (Wildman–Crippen LogP) is -0.531. The van der Waals surface area contributed by atoms with E-state index in [4.69, 9.17) is 33.5 Å². The summed E-state index contributed by atoms with van der Waals surface area (Å²) in [7, 11) is 0. The molecule has 1 rings (SSSR count). The molecule has 0 aliphatic carbocycles. The van der Waals surface area contributed by atoms with Gasteiger partial charge in [0.25, 0.3) is 0 Å². The van der Waals surface area contributed by atoms with E-state index < -0.39 is 54.6 Å². The van der Waals surface area contributed by atoms with Crippen molar-refractivity contribution in [3.8, 4) is 0 Å². The van der Waals surface area contributed by atoms with Crippen molar-refractivity contribution in [1.29, 1.82) is 0 Å². The van der Waals surface area contributed by atoms with Crippen LogP contribution in [0.2, 0.25) is 0 Å². The van der Waals surface area contributed by atoms with Crippen molar-refractivity contribution in [2.75, 3.05) is 19.8 Å². The van der Waals surface area contributed by atoms with Gasteiger partial charge in [0, 0.05) is 34.3 Å². The minimum Gasteiger partial charge on any atom is -0.463 e. The van der Waals surface area contributed by atoms with Gasteiger partial charge in [0.05, 0.1) is 6.61 Å². The molecule has 1 aliphatic rings. The van der Waals surface area contributed by atoms with Gasteiger partial charge in [-0.1, -0.05) is 0 Å². The molecule has 0 amide bonds. The van der Waals surface area contributed by atoms with Crippen LogP contribution in [0.3, 0.4) is 0 Å². The third-order valence-electron chi connectivity index (χ3n) is 3.53. The van der Waals surface area contributed by atoms with E-state index in [1.54, 1.807) is 0 Å². The molecule has 1 fully saturated rings. The van der Waals surface area contributed by atoms with Crippen LogP contribution in [0.15, 0.2) is 0 Å². The summed E-state index contributed by atoms with van der Waals surface area (Å²) in [6, 6.07) is 0. The lowest BCUT2D eigenvalue weighted by atomic mass is 9.98. The van der Waals surface area contributed by atoms with Gasteiger partial charge in [-0.15, -0.1) is 0 Å². The topological polar surface area (TPSA) is 144 Å². The Morgan fingerprint density at radius 3 is 1.86 bits per heavy atom. The summed E-state index contributed by atoms with van der Waals surface area (Å²) in [5.41, 5.74) is 0. The Kier molecular flexibility index (Phi) is 9.83. The molecule has 0 aromatic rings. The molecule has 0 spiro atoms. The van der Waals surface area contributed by atoms with E-state index in [0.717, 1.165) is 20.8 Å². The average Bonchev–Trinajstić information content (AvgIpc) is 2.57. The van der Waals surface area contributed by atoms with Gasteiger partial charge in [-0.25, -0.2) is 0 Å². The first kappa shape index (κ1) is 23.8. The Morgan fingerprint density at radius 1 is 0.821 bits per heavy atom. The Balaban J connectivity index is 3.21. The standard InChI is InChI=1S/C17H26O11/c1-9(19)24-8-13-14(25-10(2)20)15(26-11(3)21)16(27-12(4)22)17(28-13)23-7-5-6-18/h13-18H,5-8H2,1-4H3/t13-,14+,15+,16-,17-/m1/s1. The van der Waals surface area contributed by atoms with Gasteiger partial charge in [-0.2, -0.15) is 0 Å². The summed E-state index contributed by atoms with van der Waals surface area (Å²) in [6.45, 7) is 4.17. The molecule has 11 heteroatoms. The van der Waals surface area contributed by atoms with Crippen LogP contribution in [0.4, 0.5) is 0 Å². The zero-order valence-electron chi connectivity index (χ0n) is 16.2. The van der Waals surface area contributed by atoms with Crippen LogP contribution >= 0.6 is 0 Å². The molecule has 1 N–H and O–H groups in total. The van der Waals surface area contributed by atoms with Crippen molar-refractivity contribution < 1.29 is 52.7 Å². The molecule has 11 nitrogen and oxygen atoms in total. The van der Waals surface area contributed by atoms with Crippen molar-refractivity contribution in [3.63, 3.8) is 0 Å². The third-order valence-corrected chi connectivity index (χ3v) is 3.53. The summed E-state index contributed by atoms with van der Waals surface area (Å²) in [6.07, 6.45) is -5.73.